The summed E-state index contributed by atoms with van der Waals surface area (Å²) in [5.74, 6) is -0.274. The molecule has 0 saturated carbocycles. The fourth-order valence-electron chi connectivity index (χ4n) is 3.90. The molecule has 0 aliphatic carbocycles. The Balaban J connectivity index is 1.57. The fourth-order valence-corrected chi connectivity index (χ4v) is 4.30. The summed E-state index contributed by atoms with van der Waals surface area (Å²) in [5.41, 5.74) is 4.69. The first-order valence-corrected chi connectivity index (χ1v) is 11.8. The number of hydrogen-bond donors (Lipinski definition) is 1. The Bertz CT molecular complexity index is 1080. The Morgan fingerprint density at radius 2 is 1.48 bits per heavy atom. The predicted molar refractivity (Wildman–Crippen MR) is 129 cm³/mol. The molecule has 4 nitrogen and oxygen atoms in total. The molecule has 3 aromatic rings. The Kier molecular flexibility index (Phi) is 6.82. The van der Waals surface area contributed by atoms with Crippen molar-refractivity contribution in [1.82, 2.24) is 0 Å². The molecule has 1 aliphatic heterocycles. The number of amides is 2. The Labute approximate surface area is 191 Å². The number of anilines is 3. The second-order valence-corrected chi connectivity index (χ2v) is 8.50. The molecule has 0 unspecified atom stereocenters. The van der Waals surface area contributed by atoms with E-state index in [2.05, 4.69) is 33.4 Å². The number of aryl methyl sites for hydroxylation is 1. The number of carbonyl (C=O) groups is 2. The third-order valence-electron chi connectivity index (χ3n) is 5.51. The number of nitrogens with zero attached hydrogens (tertiary/aromatic N) is 1. The smallest absolute Gasteiger partial charge is 0.257 e. The van der Waals surface area contributed by atoms with Gasteiger partial charge in [-0.2, -0.15) is 0 Å². The van der Waals surface area contributed by atoms with Crippen molar-refractivity contribution in [2.75, 3.05) is 15.5 Å². The number of fused-ring (bicyclic) bond motifs is 2. The first kappa shape index (κ1) is 21.3. The normalized spacial score (nSPS) is 12.5. The number of hydrogen-bond acceptors (Lipinski definition) is 2. The van der Waals surface area contributed by atoms with Crippen molar-refractivity contribution in [3.63, 3.8) is 0 Å². The van der Waals surface area contributed by atoms with Gasteiger partial charge in [-0.05, 0) is 54.7 Å². The van der Waals surface area contributed by atoms with Crippen molar-refractivity contribution in [3.8, 4) is 0 Å². The topological polar surface area (TPSA) is 49.4 Å². The standard InChI is InChI=1S/C26H25BrN2O2/c27-17-7-1-2-8-19-13-15-20(16-14-19)18-25(30)29-23-11-5-3-9-21(23)26(31)28-22-10-4-6-12-24(22)29/h3-6,9-16H,1-2,7-8,17-18H2,(H,28,31). The van der Waals surface area contributed by atoms with Gasteiger partial charge in [0.15, 0.2) is 0 Å². The van der Waals surface area contributed by atoms with Gasteiger partial charge >= 0.3 is 0 Å². The quantitative estimate of drug-likeness (QED) is 0.322. The highest BCUT2D eigenvalue weighted by molar-refractivity contribution is 9.09. The van der Waals surface area contributed by atoms with Crippen LogP contribution in [0.1, 0.15) is 40.7 Å². The number of unbranched alkanes of at least 4 members (excludes halogenated alkanes) is 2. The number of para-hydroxylation sites is 3. The summed E-state index contributed by atoms with van der Waals surface area (Å²) in [6.07, 6.45) is 4.91. The van der Waals surface area contributed by atoms with E-state index in [0.29, 0.717) is 22.6 Å². The first-order valence-electron chi connectivity index (χ1n) is 10.6. The Morgan fingerprint density at radius 1 is 0.806 bits per heavy atom. The van der Waals surface area contributed by atoms with E-state index >= 15 is 0 Å². The number of halogens is 1. The van der Waals surface area contributed by atoms with E-state index in [0.717, 1.165) is 17.3 Å². The third kappa shape index (κ3) is 4.88. The maximum absolute atomic E-state index is 13.5. The lowest BCUT2D eigenvalue weighted by Crippen LogP contribution is -2.28. The average Bonchev–Trinajstić information content (AvgIpc) is 2.92. The monoisotopic (exact) mass is 476 g/mol. The molecular weight excluding hydrogens is 452 g/mol. The Hall–Kier alpha value is -2.92. The zero-order valence-corrected chi connectivity index (χ0v) is 18.9. The van der Waals surface area contributed by atoms with E-state index in [-0.39, 0.29) is 18.2 Å². The van der Waals surface area contributed by atoms with Gasteiger partial charge in [0.2, 0.25) is 5.91 Å². The molecular formula is C26H25BrN2O2. The number of nitrogens with one attached hydrogen (secondary N) is 1. The van der Waals surface area contributed by atoms with Crippen molar-refractivity contribution in [1.29, 1.82) is 0 Å². The van der Waals surface area contributed by atoms with Gasteiger partial charge in [0.25, 0.3) is 5.91 Å². The minimum Gasteiger partial charge on any atom is -0.320 e. The van der Waals surface area contributed by atoms with Gasteiger partial charge < -0.3 is 5.32 Å². The van der Waals surface area contributed by atoms with Crippen molar-refractivity contribution in [2.24, 2.45) is 0 Å². The lowest BCUT2D eigenvalue weighted by molar-refractivity contribution is -0.117. The molecule has 158 valence electrons. The zero-order valence-electron chi connectivity index (χ0n) is 17.3. The summed E-state index contributed by atoms with van der Waals surface area (Å²) >= 11 is 3.47. The highest BCUT2D eigenvalue weighted by Gasteiger charge is 2.28. The van der Waals surface area contributed by atoms with E-state index in [1.54, 1.807) is 11.0 Å². The van der Waals surface area contributed by atoms with Crippen LogP contribution in [0.4, 0.5) is 17.1 Å². The summed E-state index contributed by atoms with van der Waals surface area (Å²) in [5, 5.41) is 3.98. The first-order chi connectivity index (χ1) is 15.2. The van der Waals surface area contributed by atoms with Gasteiger partial charge in [-0.15, -0.1) is 0 Å². The molecule has 5 heteroatoms. The number of alkyl halides is 1. The maximum atomic E-state index is 13.5. The van der Waals surface area contributed by atoms with Gasteiger partial charge in [-0.25, -0.2) is 0 Å². The molecule has 1 heterocycles. The molecule has 31 heavy (non-hydrogen) atoms. The van der Waals surface area contributed by atoms with Crippen molar-refractivity contribution < 1.29 is 9.59 Å². The molecule has 3 aromatic carbocycles. The molecule has 4 rings (SSSR count). The summed E-state index contributed by atoms with van der Waals surface area (Å²) in [7, 11) is 0. The fraction of sp³-hybridized carbons (Fsp3) is 0.231. The van der Waals surface area contributed by atoms with E-state index in [1.807, 2.05) is 54.6 Å². The van der Waals surface area contributed by atoms with E-state index in [1.165, 1.54) is 24.8 Å². The van der Waals surface area contributed by atoms with Crippen LogP contribution >= 0.6 is 15.9 Å². The van der Waals surface area contributed by atoms with Crippen LogP contribution in [-0.2, 0) is 17.6 Å². The van der Waals surface area contributed by atoms with Crippen LogP contribution in [0.15, 0.2) is 72.8 Å². The molecule has 2 amide bonds. The molecule has 0 aromatic heterocycles. The van der Waals surface area contributed by atoms with Gasteiger partial charge in [0.05, 0.1) is 29.0 Å². The Morgan fingerprint density at radius 3 is 2.26 bits per heavy atom. The minimum atomic E-state index is -0.206. The average molecular weight is 477 g/mol. The molecule has 1 aliphatic rings. The molecule has 0 radical (unpaired) electrons. The van der Waals surface area contributed by atoms with E-state index < -0.39 is 0 Å². The van der Waals surface area contributed by atoms with E-state index in [9.17, 15) is 9.59 Å². The third-order valence-corrected chi connectivity index (χ3v) is 6.07. The number of carbonyl (C=O) groups excluding carboxylic acids is 2. The molecule has 0 bridgehead atoms. The van der Waals surface area contributed by atoms with Gasteiger partial charge in [0.1, 0.15) is 0 Å². The minimum absolute atomic E-state index is 0.0681. The van der Waals surface area contributed by atoms with Crippen LogP contribution in [0.3, 0.4) is 0 Å². The number of benzene rings is 3. The van der Waals surface area contributed by atoms with Crippen LogP contribution in [-0.4, -0.2) is 17.1 Å². The summed E-state index contributed by atoms with van der Waals surface area (Å²) in [6, 6.07) is 23.0. The largest absolute Gasteiger partial charge is 0.320 e. The van der Waals surface area contributed by atoms with Gasteiger partial charge in [-0.1, -0.05) is 70.9 Å². The highest BCUT2D eigenvalue weighted by atomic mass is 79.9. The van der Waals surface area contributed by atoms with Crippen molar-refractivity contribution >= 4 is 44.8 Å². The predicted octanol–water partition coefficient (Wildman–Crippen LogP) is 6.27. The molecule has 1 N–H and O–H groups in total. The SMILES string of the molecule is O=C1Nc2ccccc2N(C(=O)Cc2ccc(CCCCCBr)cc2)c2ccccc21. The maximum Gasteiger partial charge on any atom is 0.257 e. The van der Waals surface area contributed by atoms with Crippen LogP contribution in [0, 0.1) is 0 Å². The van der Waals surface area contributed by atoms with E-state index in [4.69, 9.17) is 0 Å². The van der Waals surface area contributed by atoms with Crippen molar-refractivity contribution in [3.05, 3.63) is 89.5 Å². The second-order valence-electron chi connectivity index (χ2n) is 7.71. The molecule has 0 saturated heterocycles. The van der Waals surface area contributed by atoms with Crippen LogP contribution < -0.4 is 10.2 Å². The van der Waals surface area contributed by atoms with Crippen LogP contribution in [0.2, 0.25) is 0 Å². The summed E-state index contributed by atoms with van der Waals surface area (Å²) in [6.45, 7) is 0. The molecule has 0 atom stereocenters. The summed E-state index contributed by atoms with van der Waals surface area (Å²) < 4.78 is 0. The second kappa shape index (κ2) is 9.92. The lowest BCUT2D eigenvalue weighted by atomic mass is 10.0. The number of rotatable bonds is 7. The molecule has 0 fully saturated rings. The highest BCUT2D eigenvalue weighted by Crippen LogP contribution is 2.38. The van der Waals surface area contributed by atoms with Crippen LogP contribution in [0.5, 0.6) is 0 Å². The van der Waals surface area contributed by atoms with Crippen LogP contribution in [0.25, 0.3) is 0 Å². The zero-order chi connectivity index (χ0) is 21.6. The summed E-state index contributed by atoms with van der Waals surface area (Å²) in [4.78, 5) is 27.8. The lowest BCUT2D eigenvalue weighted by Gasteiger charge is -2.24. The molecule has 0 spiro atoms. The van der Waals surface area contributed by atoms with Crippen molar-refractivity contribution in [2.45, 2.75) is 32.1 Å². The van der Waals surface area contributed by atoms with Gasteiger partial charge in [-0.3, -0.25) is 14.5 Å². The van der Waals surface area contributed by atoms with Gasteiger partial charge in [0, 0.05) is 5.33 Å².